The van der Waals surface area contributed by atoms with Gasteiger partial charge in [-0.3, -0.25) is 0 Å². The van der Waals surface area contributed by atoms with E-state index in [4.69, 9.17) is 0 Å². The Bertz CT molecular complexity index is 2170. The van der Waals surface area contributed by atoms with Crippen molar-refractivity contribution in [3.63, 3.8) is 0 Å². The molecule has 0 heterocycles. The molecule has 0 aromatic heterocycles. The molecule has 0 atom stereocenters. The minimum atomic E-state index is 1.07. The Labute approximate surface area is 282 Å². The Hall–Kier alpha value is -6.38. The third-order valence-corrected chi connectivity index (χ3v) is 8.88. The van der Waals surface area contributed by atoms with Crippen LogP contribution in [0.3, 0.4) is 0 Å². The number of fused-ring (bicyclic) bond motifs is 1. The fourth-order valence-electron chi connectivity index (χ4n) is 6.35. The van der Waals surface area contributed by atoms with Crippen molar-refractivity contribution in [2.24, 2.45) is 0 Å². The summed E-state index contributed by atoms with van der Waals surface area (Å²) in [7, 11) is 0. The number of hydrogen-bond donors (Lipinski definition) is 1. The lowest BCUT2D eigenvalue weighted by Crippen LogP contribution is -2.09. The van der Waals surface area contributed by atoms with E-state index >= 15 is 0 Å². The van der Waals surface area contributed by atoms with Crippen molar-refractivity contribution in [2.45, 2.75) is 0 Å². The van der Waals surface area contributed by atoms with Crippen molar-refractivity contribution in [1.82, 2.24) is 0 Å². The van der Waals surface area contributed by atoms with E-state index in [9.17, 15) is 0 Å². The highest BCUT2D eigenvalue weighted by Gasteiger charge is 2.14. The summed E-state index contributed by atoms with van der Waals surface area (Å²) in [5.41, 5.74) is 12.7. The van der Waals surface area contributed by atoms with Crippen LogP contribution >= 0.6 is 0 Å². The van der Waals surface area contributed by atoms with E-state index in [1.54, 1.807) is 0 Å². The van der Waals surface area contributed by atoms with E-state index in [0.29, 0.717) is 0 Å². The molecule has 1 N–H and O–H groups in total. The van der Waals surface area contributed by atoms with Crippen molar-refractivity contribution in [1.29, 1.82) is 0 Å². The van der Waals surface area contributed by atoms with Gasteiger partial charge in [0.25, 0.3) is 0 Å². The summed E-state index contributed by atoms with van der Waals surface area (Å²) < 4.78 is 0. The second-order valence-electron chi connectivity index (χ2n) is 11.9. The van der Waals surface area contributed by atoms with Gasteiger partial charge in [0.2, 0.25) is 0 Å². The second-order valence-corrected chi connectivity index (χ2v) is 11.9. The molecule has 8 aromatic rings. The van der Waals surface area contributed by atoms with Crippen molar-refractivity contribution >= 4 is 39.2 Å². The van der Waals surface area contributed by atoms with Gasteiger partial charge in [0.05, 0.1) is 0 Å². The van der Waals surface area contributed by atoms with Crippen LogP contribution in [0.5, 0.6) is 0 Å². The quantitative estimate of drug-likeness (QED) is 0.183. The zero-order valence-corrected chi connectivity index (χ0v) is 26.5. The summed E-state index contributed by atoms with van der Waals surface area (Å²) in [6.45, 7) is 0. The first kappa shape index (κ1) is 29.1. The number of benzene rings is 8. The third kappa shape index (κ3) is 6.08. The van der Waals surface area contributed by atoms with Gasteiger partial charge in [-0.15, -0.1) is 0 Å². The summed E-state index contributed by atoms with van der Waals surface area (Å²) in [6.07, 6.45) is 0. The highest BCUT2D eigenvalue weighted by atomic mass is 15.1. The van der Waals surface area contributed by atoms with Crippen LogP contribution in [0.2, 0.25) is 0 Å². The second kappa shape index (κ2) is 13.2. The summed E-state index contributed by atoms with van der Waals surface area (Å²) in [5.74, 6) is 0. The van der Waals surface area contributed by atoms with Crippen LogP contribution in [0.4, 0.5) is 28.4 Å². The van der Waals surface area contributed by atoms with Gasteiger partial charge in [0.1, 0.15) is 0 Å². The van der Waals surface area contributed by atoms with Gasteiger partial charge in [0, 0.05) is 33.8 Å². The first-order valence-electron chi connectivity index (χ1n) is 16.3. The maximum atomic E-state index is 3.61. The van der Waals surface area contributed by atoms with E-state index in [1.165, 1.54) is 44.2 Å². The smallest absolute Gasteiger partial charge is 0.0463 e. The summed E-state index contributed by atoms with van der Waals surface area (Å²) >= 11 is 0. The maximum absolute atomic E-state index is 3.61. The molecule has 2 heteroatoms. The predicted octanol–water partition coefficient (Wildman–Crippen LogP) is 13.1. The number of nitrogens with zero attached hydrogens (tertiary/aromatic N) is 1. The van der Waals surface area contributed by atoms with E-state index in [2.05, 4.69) is 210 Å². The van der Waals surface area contributed by atoms with Crippen molar-refractivity contribution in [3.05, 3.63) is 200 Å². The standard InChI is InChI=1S/C46H34N2/c1-3-10-34(11-4-1)37-20-28-42(29-21-37)48(43-30-22-38(23-31-43)35-12-5-2-6-13-35)44-32-24-39(25-33-44)36-18-26-41(27-19-36)47-46-17-9-15-40-14-7-8-16-45(40)46/h1-33,47H. The van der Waals surface area contributed by atoms with Gasteiger partial charge in [-0.05, 0) is 93.4 Å². The average molecular weight is 615 g/mol. The number of anilines is 5. The first-order valence-corrected chi connectivity index (χ1v) is 16.3. The fraction of sp³-hybridized carbons (Fsp3) is 0. The first-order chi connectivity index (χ1) is 23.8. The molecule has 8 aromatic carbocycles. The Morgan fingerprint density at radius 1 is 0.292 bits per heavy atom. The molecule has 0 saturated heterocycles. The van der Waals surface area contributed by atoms with Crippen molar-refractivity contribution in [3.8, 4) is 33.4 Å². The lowest BCUT2D eigenvalue weighted by molar-refractivity contribution is 1.28. The van der Waals surface area contributed by atoms with Gasteiger partial charge >= 0.3 is 0 Å². The number of hydrogen-bond acceptors (Lipinski definition) is 2. The van der Waals surface area contributed by atoms with Crippen LogP contribution in [0.25, 0.3) is 44.2 Å². The zero-order valence-electron chi connectivity index (χ0n) is 26.5. The monoisotopic (exact) mass is 614 g/mol. The molecule has 0 bridgehead atoms. The summed E-state index contributed by atoms with van der Waals surface area (Å²) in [5, 5.41) is 6.05. The lowest BCUT2D eigenvalue weighted by Gasteiger charge is -2.26. The van der Waals surface area contributed by atoms with Gasteiger partial charge < -0.3 is 10.2 Å². The Morgan fingerprint density at radius 3 is 1.15 bits per heavy atom. The van der Waals surface area contributed by atoms with Crippen LogP contribution in [-0.4, -0.2) is 0 Å². The largest absolute Gasteiger partial charge is 0.355 e. The Kier molecular flexibility index (Phi) is 7.96. The van der Waals surface area contributed by atoms with Gasteiger partial charge in [-0.25, -0.2) is 0 Å². The molecular weight excluding hydrogens is 581 g/mol. The van der Waals surface area contributed by atoms with E-state index in [-0.39, 0.29) is 0 Å². The van der Waals surface area contributed by atoms with Crippen molar-refractivity contribution in [2.75, 3.05) is 10.2 Å². The molecule has 228 valence electrons. The van der Waals surface area contributed by atoms with Crippen LogP contribution in [0.1, 0.15) is 0 Å². The molecule has 0 spiro atoms. The van der Waals surface area contributed by atoms with Crippen LogP contribution in [0.15, 0.2) is 200 Å². The van der Waals surface area contributed by atoms with Gasteiger partial charge in [-0.2, -0.15) is 0 Å². The average Bonchev–Trinajstić information content (AvgIpc) is 3.17. The van der Waals surface area contributed by atoms with Crippen LogP contribution < -0.4 is 10.2 Å². The van der Waals surface area contributed by atoms with Crippen molar-refractivity contribution < 1.29 is 0 Å². The van der Waals surface area contributed by atoms with Gasteiger partial charge in [0.15, 0.2) is 0 Å². The van der Waals surface area contributed by atoms with Gasteiger partial charge in [-0.1, -0.05) is 146 Å². The molecule has 0 aliphatic heterocycles. The topological polar surface area (TPSA) is 15.3 Å². The molecule has 0 unspecified atom stereocenters. The highest BCUT2D eigenvalue weighted by molar-refractivity contribution is 5.95. The normalized spacial score (nSPS) is 10.9. The molecule has 2 nitrogen and oxygen atoms in total. The molecule has 8 rings (SSSR count). The minimum Gasteiger partial charge on any atom is -0.355 e. The number of nitrogens with one attached hydrogen (secondary N) is 1. The van der Waals surface area contributed by atoms with E-state index in [1.807, 2.05) is 0 Å². The molecule has 0 aliphatic carbocycles. The van der Waals surface area contributed by atoms with E-state index in [0.717, 1.165) is 28.4 Å². The number of rotatable bonds is 8. The highest BCUT2D eigenvalue weighted by Crippen LogP contribution is 2.38. The fourth-order valence-corrected chi connectivity index (χ4v) is 6.35. The maximum Gasteiger partial charge on any atom is 0.0463 e. The summed E-state index contributed by atoms with van der Waals surface area (Å²) in [4.78, 5) is 2.32. The third-order valence-electron chi connectivity index (χ3n) is 8.88. The Balaban J connectivity index is 1.08. The summed E-state index contributed by atoms with van der Waals surface area (Å²) in [6, 6.07) is 71.1. The molecule has 0 fully saturated rings. The molecule has 0 amide bonds. The van der Waals surface area contributed by atoms with Crippen LogP contribution in [0, 0.1) is 0 Å². The molecule has 48 heavy (non-hydrogen) atoms. The SMILES string of the molecule is c1ccc(-c2ccc(N(c3ccc(-c4ccccc4)cc3)c3ccc(-c4ccc(Nc5cccc6ccccc56)cc4)cc3)cc2)cc1. The zero-order chi connectivity index (χ0) is 32.1. The molecule has 0 radical (unpaired) electrons. The predicted molar refractivity (Wildman–Crippen MR) is 205 cm³/mol. The minimum absolute atomic E-state index is 1.07. The Morgan fingerprint density at radius 2 is 0.667 bits per heavy atom. The molecule has 0 aliphatic rings. The molecule has 0 saturated carbocycles. The molecular formula is C46H34N2. The lowest BCUT2D eigenvalue weighted by atomic mass is 10.0. The van der Waals surface area contributed by atoms with E-state index < -0.39 is 0 Å². The van der Waals surface area contributed by atoms with Crippen LogP contribution in [-0.2, 0) is 0 Å².